The number of ketones is 2. The molecule has 0 bridgehead atoms. The third-order valence-corrected chi connectivity index (χ3v) is 8.52. The Morgan fingerprint density at radius 3 is 2.35 bits per heavy atom. The lowest BCUT2D eigenvalue weighted by atomic mass is 9.55. The number of hydrogen-bond acceptors (Lipinski definition) is 9. The number of primary amides is 1. The highest BCUT2D eigenvalue weighted by atomic mass is 16.4. The van der Waals surface area contributed by atoms with Crippen molar-refractivity contribution in [2.45, 2.75) is 49.9 Å². The largest absolute Gasteiger partial charge is 0.510 e. The van der Waals surface area contributed by atoms with Crippen LogP contribution < -0.4 is 5.73 Å². The highest BCUT2D eigenvalue weighted by Crippen LogP contribution is 2.55. The molecule has 1 saturated carbocycles. The molecule has 0 spiro atoms. The minimum absolute atomic E-state index is 0.0749. The second-order valence-corrected chi connectivity index (χ2v) is 10.7. The first-order chi connectivity index (χ1) is 17.3. The van der Waals surface area contributed by atoms with Crippen molar-refractivity contribution in [3.8, 4) is 5.75 Å². The number of likely N-dealkylation sites (N-methyl/N-ethyl adjacent to an activating group) is 1. The van der Waals surface area contributed by atoms with Gasteiger partial charge in [0.05, 0.1) is 23.6 Å². The number of phenols is 1. The van der Waals surface area contributed by atoms with Crippen LogP contribution in [0.5, 0.6) is 5.75 Å². The number of Topliss-reactive ketones (excluding diaryl/α,β-unsaturated/α-hetero) is 2. The summed E-state index contributed by atoms with van der Waals surface area (Å²) in [6, 6.07) is 2.11. The van der Waals surface area contributed by atoms with E-state index in [2.05, 4.69) is 0 Å². The number of aliphatic hydroxyl groups is 4. The van der Waals surface area contributed by atoms with Gasteiger partial charge in [-0.3, -0.25) is 19.3 Å². The Morgan fingerprint density at radius 1 is 1.16 bits per heavy atom. The molecule has 1 amide bonds. The summed E-state index contributed by atoms with van der Waals surface area (Å²) < 4.78 is 0. The van der Waals surface area contributed by atoms with E-state index in [0.29, 0.717) is 11.1 Å². The zero-order chi connectivity index (χ0) is 27.1. The predicted octanol–water partition coefficient (Wildman–Crippen LogP) is 1.22. The molecule has 6 atom stereocenters. The van der Waals surface area contributed by atoms with Gasteiger partial charge in [-0.15, -0.1) is 0 Å². The van der Waals surface area contributed by atoms with Crippen molar-refractivity contribution in [1.82, 2.24) is 4.90 Å². The van der Waals surface area contributed by atoms with E-state index in [0.717, 1.165) is 24.8 Å². The molecular weight excluding hydrogens is 480 g/mol. The van der Waals surface area contributed by atoms with Gasteiger partial charge in [-0.1, -0.05) is 30.7 Å². The van der Waals surface area contributed by atoms with Gasteiger partial charge < -0.3 is 31.3 Å². The third-order valence-electron chi connectivity index (χ3n) is 8.52. The average molecular weight is 511 g/mol. The first-order valence-electron chi connectivity index (χ1n) is 12.2. The van der Waals surface area contributed by atoms with Gasteiger partial charge in [-0.05, 0) is 44.8 Å². The van der Waals surface area contributed by atoms with Gasteiger partial charge in [0.25, 0.3) is 5.91 Å². The van der Waals surface area contributed by atoms with Crippen LogP contribution in [0.4, 0.5) is 0 Å². The van der Waals surface area contributed by atoms with Crippen LogP contribution in [0.1, 0.15) is 53.6 Å². The van der Waals surface area contributed by atoms with E-state index in [1.165, 1.54) is 19.0 Å². The number of phenolic OH excluding ortho intramolecular Hbond substituents is 1. The van der Waals surface area contributed by atoms with E-state index in [1.54, 1.807) is 19.1 Å². The Morgan fingerprint density at radius 2 is 1.81 bits per heavy atom. The van der Waals surface area contributed by atoms with Crippen LogP contribution in [0.2, 0.25) is 0 Å². The fraction of sp³-hybridized carbons (Fsp3) is 0.444. The number of hydrogen-bond donors (Lipinski definition) is 6. The molecule has 1 aromatic carbocycles. The molecular formula is C27H30N2O8. The van der Waals surface area contributed by atoms with Gasteiger partial charge >= 0.3 is 0 Å². The second-order valence-electron chi connectivity index (χ2n) is 10.7. The number of aliphatic hydroxyl groups excluding tert-OH is 3. The van der Waals surface area contributed by atoms with Crippen LogP contribution in [-0.2, 0) is 9.59 Å². The van der Waals surface area contributed by atoms with Crippen molar-refractivity contribution in [2.75, 3.05) is 14.1 Å². The minimum Gasteiger partial charge on any atom is -0.510 e. The molecule has 0 unspecified atom stereocenters. The molecule has 4 aliphatic carbocycles. The topological polar surface area (TPSA) is 182 Å². The maximum absolute atomic E-state index is 13.8. The molecule has 196 valence electrons. The molecule has 1 fully saturated rings. The lowest BCUT2D eigenvalue weighted by Crippen LogP contribution is -2.68. The zero-order valence-electron chi connectivity index (χ0n) is 20.7. The second kappa shape index (κ2) is 8.27. The average Bonchev–Trinajstić information content (AvgIpc) is 2.79. The molecule has 0 aromatic heterocycles. The SMILES string of the molecule is C[C@@H]1c2ccc(C=C3CCC3)c(O)c2C(=O)C2=C(O)[C@@]3(O)C(=O)C(C(N)=O)=C(O)[C@@H](N(C)C)[C@@H]3[C@H](O)[C@H]21. The van der Waals surface area contributed by atoms with E-state index < -0.39 is 75.6 Å². The normalized spacial score (nSPS) is 33.1. The fourth-order valence-corrected chi connectivity index (χ4v) is 6.50. The van der Waals surface area contributed by atoms with Crippen molar-refractivity contribution < 1.29 is 39.9 Å². The molecule has 4 aliphatic rings. The summed E-state index contributed by atoms with van der Waals surface area (Å²) in [6.07, 6.45) is 3.05. The van der Waals surface area contributed by atoms with Crippen LogP contribution in [0.15, 0.2) is 40.4 Å². The first-order valence-corrected chi connectivity index (χ1v) is 12.2. The van der Waals surface area contributed by atoms with Crippen molar-refractivity contribution in [3.63, 3.8) is 0 Å². The molecule has 10 heteroatoms. The lowest BCUT2D eigenvalue weighted by molar-refractivity contribution is -0.162. The van der Waals surface area contributed by atoms with Gasteiger partial charge in [0.15, 0.2) is 11.4 Å². The number of aromatic hydroxyl groups is 1. The van der Waals surface area contributed by atoms with Gasteiger partial charge in [-0.25, -0.2) is 0 Å². The van der Waals surface area contributed by atoms with E-state index in [4.69, 9.17) is 5.73 Å². The minimum atomic E-state index is -2.91. The van der Waals surface area contributed by atoms with E-state index in [9.17, 15) is 39.9 Å². The van der Waals surface area contributed by atoms with Crippen LogP contribution in [0, 0.1) is 11.8 Å². The van der Waals surface area contributed by atoms with Crippen molar-refractivity contribution >= 4 is 23.5 Å². The summed E-state index contributed by atoms with van der Waals surface area (Å²) in [5, 5.41) is 56.6. The molecule has 0 heterocycles. The molecule has 0 aliphatic heterocycles. The Labute approximate surface area is 213 Å². The van der Waals surface area contributed by atoms with Gasteiger partial charge in [0, 0.05) is 17.1 Å². The zero-order valence-corrected chi connectivity index (χ0v) is 20.7. The molecule has 1 aromatic rings. The van der Waals surface area contributed by atoms with E-state index in [1.807, 2.05) is 6.08 Å². The molecule has 0 radical (unpaired) electrons. The summed E-state index contributed by atoms with van der Waals surface area (Å²) in [5.41, 5.74) is 3.04. The summed E-state index contributed by atoms with van der Waals surface area (Å²) in [7, 11) is 3.00. The number of nitrogens with zero attached hydrogens (tertiary/aromatic N) is 1. The highest BCUT2D eigenvalue weighted by Gasteiger charge is 2.67. The first kappa shape index (κ1) is 25.2. The number of fused-ring (bicyclic) bond motifs is 3. The summed E-state index contributed by atoms with van der Waals surface area (Å²) >= 11 is 0. The molecule has 5 rings (SSSR count). The van der Waals surface area contributed by atoms with Crippen molar-refractivity contribution in [2.24, 2.45) is 17.6 Å². The van der Waals surface area contributed by atoms with Crippen LogP contribution in [0.25, 0.3) is 6.08 Å². The maximum atomic E-state index is 13.8. The number of carbonyl (C=O) groups excluding carboxylic acids is 3. The third kappa shape index (κ3) is 3.19. The highest BCUT2D eigenvalue weighted by molar-refractivity contribution is 6.25. The number of amides is 1. The maximum Gasteiger partial charge on any atom is 0.255 e. The molecule has 7 N–H and O–H groups in total. The van der Waals surface area contributed by atoms with Gasteiger partial charge in [-0.2, -0.15) is 0 Å². The van der Waals surface area contributed by atoms with Crippen LogP contribution >= 0.6 is 0 Å². The number of carbonyl (C=O) groups is 3. The van der Waals surface area contributed by atoms with E-state index in [-0.39, 0.29) is 11.3 Å². The van der Waals surface area contributed by atoms with Gasteiger partial charge in [0.1, 0.15) is 22.8 Å². The predicted molar refractivity (Wildman–Crippen MR) is 132 cm³/mol. The quantitative estimate of drug-likeness (QED) is 0.326. The van der Waals surface area contributed by atoms with E-state index >= 15 is 0 Å². The number of rotatable bonds is 3. The number of benzene rings is 1. The van der Waals surface area contributed by atoms with Crippen molar-refractivity contribution in [1.29, 1.82) is 0 Å². The van der Waals surface area contributed by atoms with Crippen LogP contribution in [-0.4, -0.2) is 79.7 Å². The van der Waals surface area contributed by atoms with Crippen LogP contribution in [0.3, 0.4) is 0 Å². The Kier molecular flexibility index (Phi) is 5.63. The monoisotopic (exact) mass is 510 g/mol. The Balaban J connectivity index is 1.75. The molecule has 37 heavy (non-hydrogen) atoms. The molecule has 10 nitrogen and oxygen atoms in total. The standard InChI is InChI=1S/C27H30N2O8/c1-10-13-8-7-12(9-11-5-4-6-11)20(30)15(13)21(31)16-14(10)22(32)18-19(29(2)3)23(33)17(26(28)36)25(35)27(18,37)24(16)34/h7-10,14,18-19,22,30,32-34,37H,4-6H2,1-3H3,(H2,28,36)/t10-,14+,18-,19+,22-,27-/m1/s1. The lowest BCUT2D eigenvalue weighted by Gasteiger charge is -2.53. The number of nitrogens with two attached hydrogens (primary N) is 1. The summed E-state index contributed by atoms with van der Waals surface area (Å²) in [6.45, 7) is 1.71. The molecule has 0 saturated heterocycles. The fourth-order valence-electron chi connectivity index (χ4n) is 6.50. The number of allylic oxidation sites excluding steroid dienone is 1. The summed E-state index contributed by atoms with van der Waals surface area (Å²) in [4.78, 5) is 40.7. The smallest absolute Gasteiger partial charge is 0.255 e. The Hall–Kier alpha value is -3.47. The van der Waals surface area contributed by atoms with Gasteiger partial charge in [0.2, 0.25) is 5.78 Å². The Bertz CT molecular complexity index is 1350. The summed E-state index contributed by atoms with van der Waals surface area (Å²) in [5.74, 6) is -8.80. The van der Waals surface area contributed by atoms with Crippen molar-refractivity contribution in [3.05, 3.63) is 57.1 Å².